The molecule has 0 radical (unpaired) electrons. The normalized spacial score (nSPS) is 11.2. The minimum absolute atomic E-state index is 0.494. The average Bonchev–Trinajstić information content (AvgIpc) is 2.68. The number of para-hydroxylation sites is 1. The van der Waals surface area contributed by atoms with Crippen LogP contribution in [-0.2, 0) is 6.54 Å². The number of methoxy groups -OCH3 is 1. The van der Waals surface area contributed by atoms with Gasteiger partial charge in [0.25, 0.3) is 0 Å². The molecule has 2 rings (SSSR count). The largest absolute Gasteiger partial charge is 0.495 e. The third-order valence-electron chi connectivity index (χ3n) is 2.59. The molecule has 0 aliphatic rings. The topological polar surface area (TPSA) is 37.0 Å². The highest BCUT2D eigenvalue weighted by molar-refractivity contribution is 5.86. The summed E-state index contributed by atoms with van der Waals surface area (Å²) in [6.07, 6.45) is 0. The molecule has 0 bridgehead atoms. The van der Waals surface area contributed by atoms with Crippen molar-refractivity contribution in [2.75, 3.05) is 7.11 Å². The molecule has 3 nitrogen and oxygen atoms in total. The maximum Gasteiger partial charge on any atom is 0.142 e. The highest BCUT2D eigenvalue weighted by Gasteiger charge is 2.05. The van der Waals surface area contributed by atoms with Gasteiger partial charge >= 0.3 is 0 Å². The first kappa shape index (κ1) is 11.0. The van der Waals surface area contributed by atoms with Crippen molar-refractivity contribution in [2.24, 2.45) is 0 Å². The quantitative estimate of drug-likeness (QED) is 0.827. The number of ether oxygens (including phenoxy) is 1. The Morgan fingerprint density at radius 2 is 2.19 bits per heavy atom. The summed E-state index contributed by atoms with van der Waals surface area (Å²) < 4.78 is 5.31. The average molecular weight is 218 g/mol. The molecule has 3 heteroatoms. The van der Waals surface area contributed by atoms with E-state index < -0.39 is 0 Å². The third-order valence-corrected chi connectivity index (χ3v) is 2.59. The fourth-order valence-corrected chi connectivity index (χ4v) is 1.77. The van der Waals surface area contributed by atoms with Crippen molar-refractivity contribution in [1.82, 2.24) is 10.3 Å². The molecule has 0 aliphatic heterocycles. The van der Waals surface area contributed by atoms with Gasteiger partial charge in [0.1, 0.15) is 5.75 Å². The molecule has 1 aromatic carbocycles. The first-order valence-corrected chi connectivity index (χ1v) is 5.58. The molecule has 0 spiro atoms. The van der Waals surface area contributed by atoms with Crippen LogP contribution in [0.1, 0.15) is 19.5 Å². The minimum Gasteiger partial charge on any atom is -0.495 e. The van der Waals surface area contributed by atoms with Gasteiger partial charge in [0.15, 0.2) is 0 Å². The summed E-state index contributed by atoms with van der Waals surface area (Å²) in [5.41, 5.74) is 2.26. The summed E-state index contributed by atoms with van der Waals surface area (Å²) >= 11 is 0. The Hall–Kier alpha value is -1.48. The van der Waals surface area contributed by atoms with Crippen LogP contribution in [0.5, 0.6) is 5.75 Å². The van der Waals surface area contributed by atoms with Crippen molar-refractivity contribution < 1.29 is 4.74 Å². The first-order valence-electron chi connectivity index (χ1n) is 5.58. The van der Waals surface area contributed by atoms with E-state index in [1.807, 2.05) is 12.1 Å². The molecule has 86 valence electrons. The number of fused-ring (bicyclic) bond motifs is 1. The van der Waals surface area contributed by atoms with Gasteiger partial charge in [-0.2, -0.15) is 0 Å². The van der Waals surface area contributed by atoms with Crippen molar-refractivity contribution >= 4 is 10.9 Å². The summed E-state index contributed by atoms with van der Waals surface area (Å²) in [6.45, 7) is 5.14. The van der Waals surface area contributed by atoms with Gasteiger partial charge in [-0.05, 0) is 12.1 Å². The molecule has 0 amide bonds. The van der Waals surface area contributed by atoms with Gasteiger partial charge in [0.05, 0.1) is 12.6 Å². The summed E-state index contributed by atoms with van der Waals surface area (Å²) in [5, 5.41) is 4.58. The van der Waals surface area contributed by atoms with Crippen LogP contribution < -0.4 is 10.1 Å². The highest BCUT2D eigenvalue weighted by atomic mass is 16.5. The van der Waals surface area contributed by atoms with Crippen LogP contribution in [0.4, 0.5) is 0 Å². The Kier molecular flexibility index (Phi) is 3.15. The Morgan fingerprint density at radius 3 is 2.88 bits per heavy atom. The number of aromatic nitrogens is 1. The van der Waals surface area contributed by atoms with Gasteiger partial charge in [-0.1, -0.05) is 26.0 Å². The van der Waals surface area contributed by atoms with E-state index >= 15 is 0 Å². The van der Waals surface area contributed by atoms with E-state index in [0.29, 0.717) is 6.04 Å². The fraction of sp³-hybridized carbons (Fsp3) is 0.385. The van der Waals surface area contributed by atoms with E-state index in [1.165, 1.54) is 11.1 Å². The van der Waals surface area contributed by atoms with Crippen molar-refractivity contribution in [3.8, 4) is 5.75 Å². The zero-order chi connectivity index (χ0) is 11.5. The molecule has 1 aromatic heterocycles. The Morgan fingerprint density at radius 1 is 1.38 bits per heavy atom. The van der Waals surface area contributed by atoms with Crippen LogP contribution in [0, 0.1) is 0 Å². The standard InChI is InChI=1S/C13H18N2O/c1-9(2)14-8-11-7-10-5-4-6-12(16-3)13(10)15-11/h4-7,9,14-15H,8H2,1-3H3. The molecular weight excluding hydrogens is 200 g/mol. The molecule has 0 fully saturated rings. The molecule has 2 aromatic rings. The van der Waals surface area contributed by atoms with Gasteiger partial charge < -0.3 is 15.0 Å². The first-order chi connectivity index (χ1) is 7.70. The Balaban J connectivity index is 2.29. The monoisotopic (exact) mass is 218 g/mol. The van der Waals surface area contributed by atoms with Crippen LogP contribution in [0.15, 0.2) is 24.3 Å². The maximum atomic E-state index is 5.31. The zero-order valence-corrected chi connectivity index (χ0v) is 10.0. The fourth-order valence-electron chi connectivity index (χ4n) is 1.77. The van der Waals surface area contributed by atoms with Gasteiger partial charge in [-0.15, -0.1) is 0 Å². The van der Waals surface area contributed by atoms with Crippen LogP contribution in [0.3, 0.4) is 0 Å². The van der Waals surface area contributed by atoms with E-state index in [1.54, 1.807) is 7.11 Å². The molecule has 16 heavy (non-hydrogen) atoms. The predicted molar refractivity (Wildman–Crippen MR) is 66.8 cm³/mol. The van der Waals surface area contributed by atoms with Crippen molar-refractivity contribution in [3.05, 3.63) is 30.0 Å². The summed E-state index contributed by atoms with van der Waals surface area (Å²) in [4.78, 5) is 3.38. The second kappa shape index (κ2) is 4.58. The lowest BCUT2D eigenvalue weighted by molar-refractivity contribution is 0.419. The second-order valence-electron chi connectivity index (χ2n) is 4.25. The van der Waals surface area contributed by atoms with Gasteiger partial charge in [0, 0.05) is 23.7 Å². The SMILES string of the molecule is COc1cccc2cc(CNC(C)C)[nH]c12. The number of hydrogen-bond donors (Lipinski definition) is 2. The van der Waals surface area contributed by atoms with Gasteiger partial charge in [-0.3, -0.25) is 0 Å². The van der Waals surface area contributed by atoms with Crippen molar-refractivity contribution in [1.29, 1.82) is 0 Å². The molecule has 0 saturated heterocycles. The lowest BCUT2D eigenvalue weighted by Gasteiger charge is -2.05. The molecule has 0 atom stereocenters. The second-order valence-corrected chi connectivity index (χ2v) is 4.25. The summed E-state index contributed by atoms with van der Waals surface area (Å²) in [7, 11) is 1.70. The van der Waals surface area contributed by atoms with Crippen molar-refractivity contribution in [3.63, 3.8) is 0 Å². The third kappa shape index (κ3) is 2.19. The number of hydrogen-bond acceptors (Lipinski definition) is 2. The minimum atomic E-state index is 0.494. The number of aromatic amines is 1. The number of H-pyrrole nitrogens is 1. The predicted octanol–water partition coefficient (Wildman–Crippen LogP) is 2.67. The zero-order valence-electron chi connectivity index (χ0n) is 10.0. The number of rotatable bonds is 4. The van der Waals surface area contributed by atoms with Crippen LogP contribution in [0.2, 0.25) is 0 Å². The van der Waals surface area contributed by atoms with Crippen LogP contribution >= 0.6 is 0 Å². The van der Waals surface area contributed by atoms with E-state index in [9.17, 15) is 0 Å². The molecular formula is C13H18N2O. The number of nitrogens with one attached hydrogen (secondary N) is 2. The molecule has 1 heterocycles. The van der Waals surface area contributed by atoms with Crippen LogP contribution in [0.25, 0.3) is 10.9 Å². The molecule has 0 aliphatic carbocycles. The van der Waals surface area contributed by atoms with Crippen LogP contribution in [-0.4, -0.2) is 18.1 Å². The number of benzene rings is 1. The lowest BCUT2D eigenvalue weighted by Crippen LogP contribution is -2.21. The maximum absolute atomic E-state index is 5.31. The van der Waals surface area contributed by atoms with Crippen molar-refractivity contribution in [2.45, 2.75) is 26.4 Å². The van der Waals surface area contributed by atoms with E-state index in [-0.39, 0.29) is 0 Å². The summed E-state index contributed by atoms with van der Waals surface area (Å²) in [5.74, 6) is 0.897. The van der Waals surface area contributed by atoms with Gasteiger partial charge in [-0.25, -0.2) is 0 Å². The van der Waals surface area contributed by atoms with E-state index in [0.717, 1.165) is 17.8 Å². The van der Waals surface area contributed by atoms with E-state index in [4.69, 9.17) is 4.74 Å². The highest BCUT2D eigenvalue weighted by Crippen LogP contribution is 2.25. The van der Waals surface area contributed by atoms with E-state index in [2.05, 4.69) is 36.3 Å². The molecule has 0 unspecified atom stereocenters. The van der Waals surface area contributed by atoms with Gasteiger partial charge in [0.2, 0.25) is 0 Å². The Bertz CT molecular complexity index is 474. The Labute approximate surface area is 95.8 Å². The smallest absolute Gasteiger partial charge is 0.142 e. The summed E-state index contributed by atoms with van der Waals surface area (Å²) in [6, 6.07) is 8.72. The molecule has 2 N–H and O–H groups in total. The lowest BCUT2D eigenvalue weighted by atomic mass is 10.2. The molecule has 0 saturated carbocycles.